The number of amides is 1. The molecule has 21 heavy (non-hydrogen) atoms. The number of aliphatic carboxylic acids is 1. The standard InChI is InChI=1S/C15H17NO4S/c17-14(16-6-8-21-9-12(16)15(18)19)13-11-4-2-1-3-10(11)5-7-20-13/h1-4,12-13H,5-9H2,(H,18,19). The van der Waals surface area contributed by atoms with Crippen LogP contribution in [0.3, 0.4) is 0 Å². The van der Waals surface area contributed by atoms with Crippen LogP contribution in [0.15, 0.2) is 24.3 Å². The third-order valence-electron chi connectivity index (χ3n) is 3.91. The maximum absolute atomic E-state index is 12.8. The van der Waals surface area contributed by atoms with Gasteiger partial charge in [-0.25, -0.2) is 4.79 Å². The fourth-order valence-corrected chi connectivity index (χ4v) is 3.86. The number of nitrogens with zero attached hydrogens (tertiary/aromatic N) is 1. The second kappa shape index (κ2) is 6.07. The van der Waals surface area contributed by atoms with E-state index in [-0.39, 0.29) is 5.91 Å². The summed E-state index contributed by atoms with van der Waals surface area (Å²) in [7, 11) is 0. The molecule has 0 spiro atoms. The number of ether oxygens (including phenoxy) is 1. The molecule has 2 atom stereocenters. The van der Waals surface area contributed by atoms with Gasteiger partial charge in [-0.1, -0.05) is 24.3 Å². The van der Waals surface area contributed by atoms with Crippen LogP contribution in [0.1, 0.15) is 17.2 Å². The van der Waals surface area contributed by atoms with Crippen molar-refractivity contribution in [1.82, 2.24) is 4.90 Å². The smallest absolute Gasteiger partial charge is 0.327 e. The molecule has 1 saturated heterocycles. The summed E-state index contributed by atoms with van der Waals surface area (Å²) >= 11 is 1.57. The molecule has 1 N–H and O–H groups in total. The van der Waals surface area contributed by atoms with Crippen molar-refractivity contribution in [2.75, 3.05) is 24.7 Å². The monoisotopic (exact) mass is 307 g/mol. The first-order valence-corrected chi connectivity index (χ1v) is 8.14. The maximum Gasteiger partial charge on any atom is 0.327 e. The molecule has 1 aromatic carbocycles. The number of fused-ring (bicyclic) bond motifs is 1. The number of hydrogen-bond acceptors (Lipinski definition) is 4. The van der Waals surface area contributed by atoms with E-state index in [1.807, 2.05) is 24.3 Å². The van der Waals surface area contributed by atoms with Crippen LogP contribution in [0.5, 0.6) is 0 Å². The van der Waals surface area contributed by atoms with Gasteiger partial charge in [0.1, 0.15) is 6.04 Å². The molecule has 3 rings (SSSR count). The Morgan fingerprint density at radius 2 is 2.14 bits per heavy atom. The Labute approximate surface area is 127 Å². The van der Waals surface area contributed by atoms with Crippen LogP contribution in [0.25, 0.3) is 0 Å². The largest absolute Gasteiger partial charge is 0.480 e. The lowest BCUT2D eigenvalue weighted by Crippen LogP contribution is -2.52. The van der Waals surface area contributed by atoms with Gasteiger partial charge in [-0.2, -0.15) is 11.8 Å². The molecule has 2 unspecified atom stereocenters. The van der Waals surface area contributed by atoms with Gasteiger partial charge in [-0.15, -0.1) is 0 Å². The lowest BCUT2D eigenvalue weighted by atomic mass is 9.96. The molecule has 1 fully saturated rings. The molecule has 0 aromatic heterocycles. The first-order valence-electron chi connectivity index (χ1n) is 6.99. The van der Waals surface area contributed by atoms with Crippen LogP contribution in [0.4, 0.5) is 0 Å². The van der Waals surface area contributed by atoms with Crippen molar-refractivity contribution in [2.45, 2.75) is 18.6 Å². The van der Waals surface area contributed by atoms with Crippen LogP contribution in [-0.2, 0) is 20.7 Å². The molecule has 1 aromatic rings. The summed E-state index contributed by atoms with van der Waals surface area (Å²) in [5, 5.41) is 9.30. The number of rotatable bonds is 2. The van der Waals surface area contributed by atoms with Crippen molar-refractivity contribution < 1.29 is 19.4 Å². The first-order chi connectivity index (χ1) is 10.2. The minimum absolute atomic E-state index is 0.227. The van der Waals surface area contributed by atoms with Gasteiger partial charge in [0.15, 0.2) is 6.10 Å². The van der Waals surface area contributed by atoms with E-state index in [1.165, 1.54) is 4.90 Å². The quantitative estimate of drug-likeness (QED) is 0.893. The zero-order valence-corrected chi connectivity index (χ0v) is 12.3. The maximum atomic E-state index is 12.8. The van der Waals surface area contributed by atoms with E-state index < -0.39 is 18.1 Å². The molecule has 2 aliphatic heterocycles. The SMILES string of the molecule is O=C(O)C1CSCCN1C(=O)C1OCCc2ccccc21. The molecular formula is C15H17NO4S. The highest BCUT2D eigenvalue weighted by atomic mass is 32.2. The van der Waals surface area contributed by atoms with Crippen molar-refractivity contribution >= 4 is 23.6 Å². The van der Waals surface area contributed by atoms with Crippen molar-refractivity contribution in [3.05, 3.63) is 35.4 Å². The third-order valence-corrected chi connectivity index (χ3v) is 4.94. The summed E-state index contributed by atoms with van der Waals surface area (Å²) < 4.78 is 5.66. The normalized spacial score (nSPS) is 25.2. The topological polar surface area (TPSA) is 66.8 Å². The number of thioether (sulfide) groups is 1. The van der Waals surface area contributed by atoms with E-state index in [4.69, 9.17) is 4.74 Å². The Balaban J connectivity index is 1.86. The molecule has 2 heterocycles. The van der Waals surface area contributed by atoms with Crippen LogP contribution in [-0.4, -0.2) is 52.6 Å². The van der Waals surface area contributed by atoms with Crippen molar-refractivity contribution in [3.63, 3.8) is 0 Å². The number of benzene rings is 1. The fourth-order valence-electron chi connectivity index (χ4n) is 2.82. The molecule has 2 aliphatic rings. The van der Waals surface area contributed by atoms with Gasteiger partial charge >= 0.3 is 5.97 Å². The van der Waals surface area contributed by atoms with Crippen molar-refractivity contribution in [1.29, 1.82) is 0 Å². The Morgan fingerprint density at radius 3 is 2.95 bits per heavy atom. The second-order valence-corrected chi connectivity index (χ2v) is 6.31. The van der Waals surface area contributed by atoms with Gasteiger partial charge in [0.2, 0.25) is 0 Å². The van der Waals surface area contributed by atoms with Gasteiger partial charge in [-0.3, -0.25) is 4.79 Å². The van der Waals surface area contributed by atoms with E-state index in [9.17, 15) is 14.7 Å². The molecule has 0 radical (unpaired) electrons. The average molecular weight is 307 g/mol. The highest BCUT2D eigenvalue weighted by Crippen LogP contribution is 2.30. The molecule has 0 bridgehead atoms. The first kappa shape index (κ1) is 14.4. The number of carbonyl (C=O) groups is 2. The van der Waals surface area contributed by atoms with E-state index in [2.05, 4.69) is 0 Å². The van der Waals surface area contributed by atoms with Crippen LogP contribution in [0, 0.1) is 0 Å². The number of carboxylic acids is 1. The van der Waals surface area contributed by atoms with E-state index >= 15 is 0 Å². The summed E-state index contributed by atoms with van der Waals surface area (Å²) in [5.74, 6) is 0.0359. The number of carboxylic acid groups (broad SMARTS) is 1. The minimum atomic E-state index is -0.945. The summed E-state index contributed by atoms with van der Waals surface area (Å²) in [6, 6.07) is 6.97. The molecule has 5 nitrogen and oxygen atoms in total. The Kier molecular flexibility index (Phi) is 4.17. The Bertz CT molecular complexity index is 562. The van der Waals surface area contributed by atoms with Crippen molar-refractivity contribution in [2.24, 2.45) is 0 Å². The highest BCUT2D eigenvalue weighted by Gasteiger charge is 2.38. The van der Waals surface area contributed by atoms with E-state index in [1.54, 1.807) is 11.8 Å². The van der Waals surface area contributed by atoms with Crippen LogP contribution in [0.2, 0.25) is 0 Å². The highest BCUT2D eigenvalue weighted by molar-refractivity contribution is 7.99. The summed E-state index contributed by atoms with van der Waals surface area (Å²) in [6.07, 6.45) is 0.123. The van der Waals surface area contributed by atoms with Gasteiger partial charge in [0, 0.05) is 18.1 Å². The number of carbonyl (C=O) groups excluding carboxylic acids is 1. The Hall–Kier alpha value is -1.53. The molecule has 112 valence electrons. The van der Waals surface area contributed by atoms with Gasteiger partial charge in [-0.05, 0) is 17.5 Å². The predicted molar refractivity (Wildman–Crippen MR) is 79.3 cm³/mol. The Morgan fingerprint density at radius 1 is 1.33 bits per heavy atom. The minimum Gasteiger partial charge on any atom is -0.480 e. The summed E-state index contributed by atoms with van der Waals surface area (Å²) in [6.45, 7) is 0.955. The second-order valence-electron chi connectivity index (χ2n) is 5.16. The molecule has 0 aliphatic carbocycles. The molecule has 6 heteroatoms. The van der Waals surface area contributed by atoms with E-state index in [0.29, 0.717) is 18.9 Å². The van der Waals surface area contributed by atoms with Gasteiger partial charge < -0.3 is 14.7 Å². The zero-order chi connectivity index (χ0) is 14.8. The average Bonchev–Trinajstić information content (AvgIpc) is 2.53. The molecular weight excluding hydrogens is 290 g/mol. The summed E-state index contributed by atoms with van der Waals surface area (Å²) in [4.78, 5) is 25.6. The van der Waals surface area contributed by atoms with Gasteiger partial charge in [0.25, 0.3) is 5.91 Å². The predicted octanol–water partition coefficient (Wildman–Crippen LogP) is 1.33. The molecule has 1 amide bonds. The lowest BCUT2D eigenvalue weighted by Gasteiger charge is -2.36. The third kappa shape index (κ3) is 2.78. The van der Waals surface area contributed by atoms with Gasteiger partial charge in [0.05, 0.1) is 6.61 Å². The van der Waals surface area contributed by atoms with E-state index in [0.717, 1.165) is 23.3 Å². The summed E-state index contributed by atoms with van der Waals surface area (Å²) in [5.41, 5.74) is 1.98. The fraction of sp³-hybridized carbons (Fsp3) is 0.467. The zero-order valence-electron chi connectivity index (χ0n) is 11.5. The molecule has 0 saturated carbocycles. The lowest BCUT2D eigenvalue weighted by molar-refractivity contribution is -0.156. The van der Waals surface area contributed by atoms with Crippen LogP contribution >= 0.6 is 11.8 Å². The van der Waals surface area contributed by atoms with Crippen LogP contribution < -0.4 is 0 Å². The van der Waals surface area contributed by atoms with Crippen molar-refractivity contribution in [3.8, 4) is 0 Å². The number of hydrogen-bond donors (Lipinski definition) is 1.